The Bertz CT molecular complexity index is 511. The summed E-state index contributed by atoms with van der Waals surface area (Å²) in [5.74, 6) is 0.335. The third-order valence-corrected chi connectivity index (χ3v) is 3.82. The van der Waals surface area contributed by atoms with Crippen LogP contribution in [0.5, 0.6) is 0 Å². The summed E-state index contributed by atoms with van der Waals surface area (Å²) in [6.07, 6.45) is 1.92. The molecule has 1 atom stereocenters. The van der Waals surface area contributed by atoms with E-state index in [1.54, 1.807) is 0 Å². The monoisotopic (exact) mass is 269 g/mol. The molecule has 1 amide bonds. The van der Waals surface area contributed by atoms with Crippen molar-refractivity contribution in [2.24, 2.45) is 0 Å². The van der Waals surface area contributed by atoms with Gasteiger partial charge in [-0.05, 0) is 6.42 Å². The van der Waals surface area contributed by atoms with Gasteiger partial charge in [0.25, 0.3) is 11.5 Å². The first-order valence-electron chi connectivity index (χ1n) is 5.81. The summed E-state index contributed by atoms with van der Waals surface area (Å²) in [5, 5.41) is 12.3. The van der Waals surface area contributed by atoms with E-state index in [0.29, 0.717) is 18.1 Å². The highest BCUT2D eigenvalue weighted by atomic mass is 32.2. The van der Waals surface area contributed by atoms with E-state index in [-0.39, 0.29) is 23.8 Å². The normalized spacial score (nSPS) is 15.2. The van der Waals surface area contributed by atoms with E-state index < -0.39 is 5.91 Å². The lowest BCUT2D eigenvalue weighted by atomic mass is 10.2. The van der Waals surface area contributed by atoms with Gasteiger partial charge in [-0.25, -0.2) is 4.98 Å². The summed E-state index contributed by atoms with van der Waals surface area (Å²) in [5.41, 5.74) is -0.275. The second-order valence-electron chi connectivity index (χ2n) is 4.02. The van der Waals surface area contributed by atoms with Crippen LogP contribution in [0, 0.1) is 0 Å². The highest BCUT2D eigenvalue weighted by Gasteiger charge is 2.21. The zero-order valence-electron chi connectivity index (χ0n) is 10.0. The molecule has 7 heteroatoms. The first kappa shape index (κ1) is 13.1. The second kappa shape index (κ2) is 5.53. The molecule has 1 aromatic rings. The fraction of sp³-hybridized carbons (Fsp3) is 0.545. The maximum Gasteiger partial charge on any atom is 0.267 e. The Balaban J connectivity index is 2.24. The minimum Gasteiger partial charge on any atom is -0.394 e. The highest BCUT2D eigenvalue weighted by molar-refractivity contribution is 7.99. The van der Waals surface area contributed by atoms with Crippen LogP contribution in [0.4, 0.5) is 0 Å². The molecule has 2 rings (SSSR count). The maximum absolute atomic E-state index is 12.0. The van der Waals surface area contributed by atoms with Gasteiger partial charge in [0.15, 0.2) is 5.16 Å². The standard InChI is InChI=1S/C11H15N3O3S/c1-2-7(6-15)13-9(16)8-5-12-11-14(10(8)17)3-4-18-11/h5,7,15H,2-4,6H2,1H3,(H,13,16)/t7-/m0/s1. The second-order valence-corrected chi connectivity index (χ2v) is 5.08. The lowest BCUT2D eigenvalue weighted by molar-refractivity contribution is 0.0912. The van der Waals surface area contributed by atoms with Gasteiger partial charge in [-0.3, -0.25) is 14.2 Å². The minimum atomic E-state index is -0.472. The van der Waals surface area contributed by atoms with E-state index in [2.05, 4.69) is 10.3 Å². The summed E-state index contributed by atoms with van der Waals surface area (Å²) >= 11 is 1.51. The molecule has 18 heavy (non-hydrogen) atoms. The minimum absolute atomic E-state index is 0.0353. The molecule has 0 spiro atoms. The summed E-state index contributed by atoms with van der Waals surface area (Å²) in [7, 11) is 0. The van der Waals surface area contributed by atoms with E-state index in [9.17, 15) is 9.59 Å². The molecule has 0 saturated carbocycles. The molecule has 2 heterocycles. The average molecular weight is 269 g/mol. The van der Waals surface area contributed by atoms with Crippen LogP contribution in [0.25, 0.3) is 0 Å². The molecule has 1 aliphatic heterocycles. The Labute approximate surface area is 108 Å². The Hall–Kier alpha value is -1.34. The molecule has 0 bridgehead atoms. The first-order chi connectivity index (χ1) is 8.67. The number of carbonyl (C=O) groups excluding carboxylic acids is 1. The molecule has 0 fully saturated rings. The van der Waals surface area contributed by atoms with Crippen LogP contribution in [0.15, 0.2) is 16.1 Å². The van der Waals surface area contributed by atoms with Crippen molar-refractivity contribution in [3.63, 3.8) is 0 Å². The van der Waals surface area contributed by atoms with Crippen molar-refractivity contribution in [3.8, 4) is 0 Å². The van der Waals surface area contributed by atoms with E-state index in [1.807, 2.05) is 6.92 Å². The van der Waals surface area contributed by atoms with Gasteiger partial charge in [0.2, 0.25) is 0 Å². The largest absolute Gasteiger partial charge is 0.394 e. The van der Waals surface area contributed by atoms with Gasteiger partial charge in [0, 0.05) is 18.5 Å². The van der Waals surface area contributed by atoms with Crippen LogP contribution in [0.2, 0.25) is 0 Å². The molecular formula is C11H15N3O3S. The maximum atomic E-state index is 12.0. The smallest absolute Gasteiger partial charge is 0.267 e. The van der Waals surface area contributed by atoms with E-state index in [0.717, 1.165) is 5.75 Å². The van der Waals surface area contributed by atoms with Crippen molar-refractivity contribution in [2.45, 2.75) is 31.1 Å². The van der Waals surface area contributed by atoms with Crippen LogP contribution in [0.1, 0.15) is 23.7 Å². The molecule has 0 aliphatic carbocycles. The van der Waals surface area contributed by atoms with Crippen LogP contribution in [-0.2, 0) is 6.54 Å². The van der Waals surface area contributed by atoms with Gasteiger partial charge < -0.3 is 10.4 Å². The van der Waals surface area contributed by atoms with Gasteiger partial charge in [-0.15, -0.1) is 0 Å². The number of thioether (sulfide) groups is 1. The van der Waals surface area contributed by atoms with Crippen molar-refractivity contribution in [2.75, 3.05) is 12.4 Å². The van der Waals surface area contributed by atoms with Crippen molar-refractivity contribution in [1.82, 2.24) is 14.9 Å². The van der Waals surface area contributed by atoms with E-state index in [4.69, 9.17) is 5.11 Å². The molecule has 1 aliphatic rings. The zero-order chi connectivity index (χ0) is 13.1. The molecule has 0 radical (unpaired) electrons. The number of aromatic nitrogens is 2. The molecule has 0 unspecified atom stereocenters. The Morgan fingerprint density at radius 3 is 3.17 bits per heavy atom. The number of fused-ring (bicyclic) bond motifs is 1. The van der Waals surface area contributed by atoms with Crippen molar-refractivity contribution in [1.29, 1.82) is 0 Å². The number of hydrogen-bond donors (Lipinski definition) is 2. The van der Waals surface area contributed by atoms with Gasteiger partial charge in [-0.2, -0.15) is 0 Å². The van der Waals surface area contributed by atoms with Crippen LogP contribution >= 0.6 is 11.8 Å². The predicted octanol–water partition coefficient (Wildman–Crippen LogP) is -0.150. The van der Waals surface area contributed by atoms with Crippen molar-refractivity contribution in [3.05, 3.63) is 22.1 Å². The number of aliphatic hydroxyl groups excluding tert-OH is 1. The molecule has 2 N–H and O–H groups in total. The van der Waals surface area contributed by atoms with Crippen molar-refractivity contribution < 1.29 is 9.90 Å². The van der Waals surface area contributed by atoms with Crippen LogP contribution in [-0.4, -0.2) is 39.0 Å². The summed E-state index contributed by atoms with van der Waals surface area (Å²) in [6.45, 7) is 2.30. The molecule has 1 aromatic heterocycles. The average Bonchev–Trinajstić information content (AvgIpc) is 2.85. The Kier molecular flexibility index (Phi) is 4.03. The predicted molar refractivity (Wildman–Crippen MR) is 67.9 cm³/mol. The molecular weight excluding hydrogens is 254 g/mol. The number of nitrogens with one attached hydrogen (secondary N) is 1. The molecule has 98 valence electrons. The summed E-state index contributed by atoms with van der Waals surface area (Å²) in [6, 6.07) is -0.329. The number of aliphatic hydroxyl groups is 1. The fourth-order valence-electron chi connectivity index (χ4n) is 1.71. The number of hydrogen-bond acceptors (Lipinski definition) is 5. The Morgan fingerprint density at radius 1 is 1.72 bits per heavy atom. The molecule has 6 nitrogen and oxygen atoms in total. The fourth-order valence-corrected chi connectivity index (χ4v) is 2.63. The number of carbonyl (C=O) groups is 1. The third-order valence-electron chi connectivity index (χ3n) is 2.85. The van der Waals surface area contributed by atoms with Gasteiger partial charge in [0.1, 0.15) is 5.56 Å². The lowest BCUT2D eigenvalue weighted by Gasteiger charge is -2.13. The van der Waals surface area contributed by atoms with Gasteiger partial charge in [-0.1, -0.05) is 18.7 Å². The van der Waals surface area contributed by atoms with Gasteiger partial charge in [0.05, 0.1) is 12.6 Å². The third kappa shape index (κ3) is 2.41. The van der Waals surface area contributed by atoms with Gasteiger partial charge >= 0.3 is 0 Å². The first-order valence-corrected chi connectivity index (χ1v) is 6.80. The van der Waals surface area contributed by atoms with Crippen LogP contribution in [0.3, 0.4) is 0 Å². The topological polar surface area (TPSA) is 84.2 Å². The Morgan fingerprint density at radius 2 is 2.50 bits per heavy atom. The molecule has 0 aromatic carbocycles. The lowest BCUT2D eigenvalue weighted by Crippen LogP contribution is -2.40. The van der Waals surface area contributed by atoms with E-state index in [1.165, 1.54) is 22.5 Å². The quantitative estimate of drug-likeness (QED) is 0.743. The van der Waals surface area contributed by atoms with Crippen molar-refractivity contribution >= 4 is 17.7 Å². The number of nitrogens with zero attached hydrogens (tertiary/aromatic N) is 2. The summed E-state index contributed by atoms with van der Waals surface area (Å²) in [4.78, 5) is 28.1. The van der Waals surface area contributed by atoms with Crippen LogP contribution < -0.4 is 10.9 Å². The molecule has 0 saturated heterocycles. The number of rotatable bonds is 4. The number of amides is 1. The van der Waals surface area contributed by atoms with E-state index >= 15 is 0 Å². The zero-order valence-corrected chi connectivity index (χ0v) is 10.9. The summed E-state index contributed by atoms with van der Waals surface area (Å²) < 4.78 is 1.51. The highest BCUT2D eigenvalue weighted by Crippen LogP contribution is 2.20. The SMILES string of the molecule is CC[C@@H](CO)NC(=O)c1cnc2n(c1=O)CCS2.